The molecule has 2 atom stereocenters. The average molecular weight is 206 g/mol. The smallest absolute Gasteiger partial charge is 0.00210 e. The highest BCUT2D eigenvalue weighted by Gasteiger charge is 2.16. The van der Waals surface area contributed by atoms with Gasteiger partial charge in [-0.1, -0.05) is 51.0 Å². The van der Waals surface area contributed by atoms with E-state index in [9.17, 15) is 0 Å². The van der Waals surface area contributed by atoms with Crippen LogP contribution in [0.2, 0.25) is 0 Å². The van der Waals surface area contributed by atoms with Crippen LogP contribution >= 0.6 is 0 Å². The van der Waals surface area contributed by atoms with Crippen LogP contribution in [0.1, 0.15) is 53.9 Å². The first-order chi connectivity index (χ1) is 7.00. The monoisotopic (exact) mass is 206 g/mol. The molecule has 0 bridgehead atoms. The summed E-state index contributed by atoms with van der Waals surface area (Å²) in [6.45, 7) is 11.6. The molecule has 0 N–H and O–H groups in total. The number of hydrogen-bond donors (Lipinski definition) is 0. The van der Waals surface area contributed by atoms with Crippen LogP contribution in [0.5, 0.6) is 0 Å². The zero-order valence-corrected chi connectivity index (χ0v) is 11.0. The zero-order valence-electron chi connectivity index (χ0n) is 11.0. The zero-order chi connectivity index (χ0) is 11.4. The average Bonchev–Trinajstić information content (AvgIpc) is 2.95. The van der Waals surface area contributed by atoms with Gasteiger partial charge in [-0.3, -0.25) is 0 Å². The Labute approximate surface area is 95.5 Å². The third-order valence-electron chi connectivity index (χ3n) is 3.39. The highest BCUT2D eigenvalue weighted by atomic mass is 14.2. The highest BCUT2D eigenvalue weighted by Crippen LogP contribution is 2.32. The van der Waals surface area contributed by atoms with Crippen molar-refractivity contribution in [1.82, 2.24) is 0 Å². The summed E-state index contributed by atoms with van der Waals surface area (Å²) in [7, 11) is 0. The summed E-state index contributed by atoms with van der Waals surface area (Å²) in [5.41, 5.74) is 3.20. The molecule has 0 aromatic heterocycles. The summed E-state index contributed by atoms with van der Waals surface area (Å²) < 4.78 is 0. The fourth-order valence-corrected chi connectivity index (χ4v) is 2.17. The molecule has 2 unspecified atom stereocenters. The van der Waals surface area contributed by atoms with E-state index in [1.54, 1.807) is 11.1 Å². The Morgan fingerprint density at radius 2 is 1.93 bits per heavy atom. The summed E-state index contributed by atoms with van der Waals surface area (Å²) >= 11 is 0. The molecule has 0 nitrogen and oxygen atoms in total. The van der Waals surface area contributed by atoms with Gasteiger partial charge in [-0.25, -0.2) is 0 Å². The Balaban J connectivity index is 2.32. The van der Waals surface area contributed by atoms with Gasteiger partial charge in [-0.05, 0) is 43.9 Å². The molecule has 0 fully saturated rings. The molecular weight excluding hydrogens is 180 g/mol. The van der Waals surface area contributed by atoms with Gasteiger partial charge in [0, 0.05) is 0 Å². The second-order valence-electron chi connectivity index (χ2n) is 5.62. The molecular formula is C15H26. The van der Waals surface area contributed by atoms with Gasteiger partial charge in [0.25, 0.3) is 0 Å². The lowest BCUT2D eigenvalue weighted by Gasteiger charge is -2.13. The van der Waals surface area contributed by atoms with Crippen LogP contribution in [0.15, 0.2) is 23.3 Å². The van der Waals surface area contributed by atoms with E-state index in [2.05, 4.69) is 46.8 Å². The molecule has 0 amide bonds. The molecule has 1 aliphatic rings. The molecule has 0 aromatic carbocycles. The van der Waals surface area contributed by atoms with Crippen LogP contribution in [0, 0.1) is 17.8 Å². The van der Waals surface area contributed by atoms with E-state index in [1.807, 2.05) is 0 Å². The SMILES string of the molecule is CC(=CCC(C)CC(C)C)C(C)C1=CC1. The molecule has 0 aliphatic heterocycles. The molecule has 0 spiro atoms. The van der Waals surface area contributed by atoms with Crippen molar-refractivity contribution in [3.05, 3.63) is 23.3 Å². The van der Waals surface area contributed by atoms with Crippen molar-refractivity contribution in [2.45, 2.75) is 53.9 Å². The quantitative estimate of drug-likeness (QED) is 0.538. The minimum atomic E-state index is 0.705. The van der Waals surface area contributed by atoms with Gasteiger partial charge in [-0.2, -0.15) is 0 Å². The molecule has 86 valence electrons. The van der Waals surface area contributed by atoms with Gasteiger partial charge in [-0.15, -0.1) is 0 Å². The Morgan fingerprint density at radius 1 is 1.33 bits per heavy atom. The van der Waals surface area contributed by atoms with Crippen LogP contribution in [0.3, 0.4) is 0 Å². The summed E-state index contributed by atoms with van der Waals surface area (Å²) in [5, 5.41) is 0. The van der Waals surface area contributed by atoms with Gasteiger partial charge < -0.3 is 0 Å². The molecule has 0 heterocycles. The van der Waals surface area contributed by atoms with Crippen molar-refractivity contribution in [3.8, 4) is 0 Å². The summed E-state index contributed by atoms with van der Waals surface area (Å²) in [4.78, 5) is 0. The maximum Gasteiger partial charge on any atom is -0.00210 e. The largest absolute Gasteiger partial charge is 0.0848 e. The normalized spacial score (nSPS) is 20.1. The predicted molar refractivity (Wildman–Crippen MR) is 68.9 cm³/mol. The minimum Gasteiger partial charge on any atom is -0.0848 e. The molecule has 0 heteroatoms. The third-order valence-corrected chi connectivity index (χ3v) is 3.39. The lowest BCUT2D eigenvalue weighted by Crippen LogP contribution is -2.00. The van der Waals surface area contributed by atoms with Crippen LogP contribution in [0.25, 0.3) is 0 Å². The molecule has 1 aliphatic carbocycles. The van der Waals surface area contributed by atoms with E-state index in [1.165, 1.54) is 19.3 Å². The van der Waals surface area contributed by atoms with Crippen LogP contribution in [0.4, 0.5) is 0 Å². The Morgan fingerprint density at radius 3 is 2.40 bits per heavy atom. The van der Waals surface area contributed by atoms with Gasteiger partial charge in [0.15, 0.2) is 0 Å². The molecule has 15 heavy (non-hydrogen) atoms. The molecule has 0 radical (unpaired) electrons. The minimum absolute atomic E-state index is 0.705. The van der Waals surface area contributed by atoms with E-state index in [0.717, 1.165) is 11.8 Å². The lowest BCUT2D eigenvalue weighted by molar-refractivity contribution is 0.441. The highest BCUT2D eigenvalue weighted by molar-refractivity contribution is 5.30. The predicted octanol–water partition coefficient (Wildman–Crippen LogP) is 4.97. The van der Waals surface area contributed by atoms with Crippen molar-refractivity contribution in [3.63, 3.8) is 0 Å². The van der Waals surface area contributed by atoms with Crippen molar-refractivity contribution < 1.29 is 0 Å². The molecule has 0 aromatic rings. The van der Waals surface area contributed by atoms with E-state index >= 15 is 0 Å². The van der Waals surface area contributed by atoms with Gasteiger partial charge in [0.05, 0.1) is 0 Å². The van der Waals surface area contributed by atoms with Crippen LogP contribution < -0.4 is 0 Å². The van der Waals surface area contributed by atoms with Gasteiger partial charge in [0.2, 0.25) is 0 Å². The van der Waals surface area contributed by atoms with E-state index in [4.69, 9.17) is 0 Å². The van der Waals surface area contributed by atoms with Crippen molar-refractivity contribution in [1.29, 1.82) is 0 Å². The maximum absolute atomic E-state index is 2.46. The first-order valence-corrected chi connectivity index (χ1v) is 6.36. The third kappa shape index (κ3) is 4.68. The van der Waals surface area contributed by atoms with Crippen LogP contribution in [-0.4, -0.2) is 0 Å². The maximum atomic E-state index is 2.46. The van der Waals surface area contributed by atoms with Gasteiger partial charge in [0.1, 0.15) is 0 Å². The van der Waals surface area contributed by atoms with E-state index in [-0.39, 0.29) is 0 Å². The van der Waals surface area contributed by atoms with Crippen molar-refractivity contribution >= 4 is 0 Å². The van der Waals surface area contributed by atoms with E-state index in [0.29, 0.717) is 5.92 Å². The summed E-state index contributed by atoms with van der Waals surface area (Å²) in [5.74, 6) is 2.37. The first kappa shape index (κ1) is 12.5. The van der Waals surface area contributed by atoms with E-state index < -0.39 is 0 Å². The number of hydrogen-bond acceptors (Lipinski definition) is 0. The molecule has 0 saturated carbocycles. The summed E-state index contributed by atoms with van der Waals surface area (Å²) in [6, 6.07) is 0. The standard InChI is InChI=1S/C15H26/c1-11(2)10-12(3)6-7-13(4)14(5)15-8-9-15/h7-8,11-12,14H,6,9-10H2,1-5H3. The number of rotatable bonds is 6. The van der Waals surface area contributed by atoms with Gasteiger partial charge >= 0.3 is 0 Å². The molecule has 1 rings (SSSR count). The second-order valence-corrected chi connectivity index (χ2v) is 5.62. The Kier molecular flexibility index (Phi) is 4.63. The van der Waals surface area contributed by atoms with Crippen LogP contribution in [-0.2, 0) is 0 Å². The Hall–Kier alpha value is -0.520. The van der Waals surface area contributed by atoms with Crippen molar-refractivity contribution in [2.24, 2.45) is 17.8 Å². The second kappa shape index (κ2) is 5.53. The summed E-state index contributed by atoms with van der Waals surface area (Å²) in [6.07, 6.45) is 8.66. The topological polar surface area (TPSA) is 0 Å². The Bertz CT molecular complexity index is 255. The first-order valence-electron chi connectivity index (χ1n) is 6.36. The fourth-order valence-electron chi connectivity index (χ4n) is 2.17. The van der Waals surface area contributed by atoms with Crippen molar-refractivity contribution in [2.75, 3.05) is 0 Å². The fraction of sp³-hybridized carbons (Fsp3) is 0.733. The molecule has 0 saturated heterocycles. The lowest BCUT2D eigenvalue weighted by atomic mass is 9.92. The number of allylic oxidation sites excluding steroid dienone is 4.